The van der Waals surface area contributed by atoms with Crippen molar-refractivity contribution in [1.29, 1.82) is 0 Å². The molecule has 1 aliphatic heterocycles. The summed E-state index contributed by atoms with van der Waals surface area (Å²) >= 11 is 0. The summed E-state index contributed by atoms with van der Waals surface area (Å²) in [6.45, 7) is -0.180. The van der Waals surface area contributed by atoms with Crippen LogP contribution in [0.25, 0.3) is 0 Å². The predicted molar refractivity (Wildman–Crippen MR) is 84.6 cm³/mol. The monoisotopic (exact) mass is 322 g/mol. The van der Waals surface area contributed by atoms with E-state index in [1.54, 1.807) is 0 Å². The van der Waals surface area contributed by atoms with Crippen LogP contribution in [0.4, 0.5) is 0 Å². The average molecular weight is 322 g/mol. The molecule has 3 N–H and O–H groups in total. The van der Waals surface area contributed by atoms with Gasteiger partial charge in [0, 0.05) is 12.0 Å². The van der Waals surface area contributed by atoms with Crippen molar-refractivity contribution in [3.63, 3.8) is 0 Å². The number of carbonyl (C=O) groups is 2. The number of rotatable bonds is 6. The number of aliphatic hydroxyl groups is 1. The van der Waals surface area contributed by atoms with E-state index in [0.717, 1.165) is 32.1 Å². The largest absolute Gasteiger partial charge is 0.394 e. The molecule has 3 aliphatic rings. The molecule has 0 aromatic carbocycles. The van der Waals surface area contributed by atoms with Gasteiger partial charge in [-0.05, 0) is 32.1 Å². The van der Waals surface area contributed by atoms with Crippen molar-refractivity contribution >= 4 is 11.8 Å². The van der Waals surface area contributed by atoms with Crippen LogP contribution in [-0.4, -0.2) is 47.8 Å². The molecular weight excluding hydrogens is 296 g/mol. The number of aliphatic hydroxyl groups excluding tert-OH is 1. The molecule has 0 aromatic heterocycles. The van der Waals surface area contributed by atoms with Gasteiger partial charge in [0.25, 0.3) is 0 Å². The Hall–Kier alpha value is -1.40. The van der Waals surface area contributed by atoms with E-state index >= 15 is 0 Å². The zero-order chi connectivity index (χ0) is 16.2. The maximum Gasteiger partial charge on any atom is 0.223 e. The summed E-state index contributed by atoms with van der Waals surface area (Å²) < 4.78 is 5.77. The number of carbonyl (C=O) groups excluding carboxylic acids is 2. The Labute approximate surface area is 136 Å². The topological polar surface area (TPSA) is 87.7 Å². The Morgan fingerprint density at radius 2 is 1.83 bits per heavy atom. The molecule has 2 fully saturated rings. The second kappa shape index (κ2) is 7.45. The molecule has 0 aromatic rings. The van der Waals surface area contributed by atoms with E-state index in [9.17, 15) is 14.7 Å². The SMILES string of the molecule is O=C(C[C@@H]1C=C[C@@H](NC(=O)C2CCC2)[C@H](CO)O1)NC1CCC1. The molecule has 6 nitrogen and oxygen atoms in total. The van der Waals surface area contributed by atoms with Crippen LogP contribution >= 0.6 is 0 Å². The summed E-state index contributed by atoms with van der Waals surface area (Å²) in [5.41, 5.74) is 0. The van der Waals surface area contributed by atoms with Gasteiger partial charge in [-0.2, -0.15) is 0 Å². The lowest BCUT2D eigenvalue weighted by atomic mass is 9.84. The Balaban J connectivity index is 1.49. The van der Waals surface area contributed by atoms with Gasteiger partial charge in [-0.3, -0.25) is 9.59 Å². The molecule has 6 heteroatoms. The Morgan fingerprint density at radius 3 is 2.39 bits per heavy atom. The molecule has 0 spiro atoms. The maximum atomic E-state index is 12.0. The lowest BCUT2D eigenvalue weighted by Gasteiger charge is -2.34. The summed E-state index contributed by atoms with van der Waals surface area (Å²) in [6, 6.07) is -0.00253. The van der Waals surface area contributed by atoms with E-state index < -0.39 is 6.10 Å². The first-order chi connectivity index (χ1) is 11.2. The van der Waals surface area contributed by atoms with Gasteiger partial charge in [0.2, 0.25) is 11.8 Å². The molecule has 0 radical (unpaired) electrons. The van der Waals surface area contributed by atoms with Crippen LogP contribution in [0.5, 0.6) is 0 Å². The van der Waals surface area contributed by atoms with E-state index in [4.69, 9.17) is 4.74 Å². The van der Waals surface area contributed by atoms with Crippen molar-refractivity contribution in [3.8, 4) is 0 Å². The highest BCUT2D eigenvalue weighted by molar-refractivity contribution is 5.80. The molecule has 3 rings (SSSR count). The molecule has 23 heavy (non-hydrogen) atoms. The number of ether oxygens (including phenoxy) is 1. The second-order valence-corrected chi connectivity index (χ2v) is 6.84. The van der Waals surface area contributed by atoms with Gasteiger partial charge in [0.1, 0.15) is 6.10 Å². The summed E-state index contributed by atoms with van der Waals surface area (Å²) in [6.07, 6.45) is 9.37. The average Bonchev–Trinajstić information content (AvgIpc) is 2.42. The molecule has 2 aliphatic carbocycles. The first-order valence-electron chi connectivity index (χ1n) is 8.70. The normalized spacial score (nSPS) is 31.1. The molecule has 128 valence electrons. The van der Waals surface area contributed by atoms with E-state index in [0.29, 0.717) is 6.04 Å². The lowest BCUT2D eigenvalue weighted by Crippen LogP contribution is -2.51. The van der Waals surface area contributed by atoms with Gasteiger partial charge in [0.15, 0.2) is 0 Å². The van der Waals surface area contributed by atoms with Crippen molar-refractivity contribution in [2.24, 2.45) is 5.92 Å². The molecule has 0 unspecified atom stereocenters. The van der Waals surface area contributed by atoms with Crippen LogP contribution in [0.3, 0.4) is 0 Å². The van der Waals surface area contributed by atoms with Crippen LogP contribution in [0.1, 0.15) is 44.9 Å². The van der Waals surface area contributed by atoms with Crippen molar-refractivity contribution < 1.29 is 19.4 Å². The van der Waals surface area contributed by atoms with Crippen LogP contribution in [0.15, 0.2) is 12.2 Å². The number of nitrogens with one attached hydrogen (secondary N) is 2. The smallest absolute Gasteiger partial charge is 0.223 e. The zero-order valence-corrected chi connectivity index (χ0v) is 13.4. The third-order valence-electron chi connectivity index (χ3n) is 5.10. The Bertz CT molecular complexity index is 471. The highest BCUT2D eigenvalue weighted by Crippen LogP contribution is 2.27. The highest BCUT2D eigenvalue weighted by atomic mass is 16.5. The first-order valence-corrected chi connectivity index (χ1v) is 8.70. The number of hydrogen-bond acceptors (Lipinski definition) is 4. The second-order valence-electron chi connectivity index (χ2n) is 6.84. The fourth-order valence-corrected chi connectivity index (χ4v) is 3.11. The lowest BCUT2D eigenvalue weighted by molar-refractivity contribution is -0.132. The van der Waals surface area contributed by atoms with Gasteiger partial charge < -0.3 is 20.5 Å². The van der Waals surface area contributed by atoms with Crippen molar-refractivity contribution in [1.82, 2.24) is 10.6 Å². The van der Waals surface area contributed by atoms with E-state index in [-0.39, 0.29) is 42.9 Å². The van der Waals surface area contributed by atoms with Crippen LogP contribution < -0.4 is 10.6 Å². The van der Waals surface area contributed by atoms with Crippen LogP contribution in [-0.2, 0) is 14.3 Å². The molecular formula is C17H26N2O4. The van der Waals surface area contributed by atoms with E-state index in [1.165, 1.54) is 6.42 Å². The molecule has 0 bridgehead atoms. The fourth-order valence-electron chi connectivity index (χ4n) is 3.11. The third kappa shape index (κ3) is 4.12. The molecule has 0 saturated heterocycles. The standard InChI is InChI=1S/C17H26N2O4/c20-10-15-14(19-17(22)11-3-1-4-11)8-7-13(23-15)9-16(21)18-12-5-2-6-12/h7-8,11-15,20H,1-6,9-10H2,(H,18,21)(H,19,22)/t13-,14+,15-/m0/s1. The summed E-state index contributed by atoms with van der Waals surface area (Å²) in [7, 11) is 0. The summed E-state index contributed by atoms with van der Waals surface area (Å²) in [5, 5.41) is 15.4. The van der Waals surface area contributed by atoms with Crippen molar-refractivity contribution in [2.45, 2.75) is 69.2 Å². The molecule has 3 atom stereocenters. The highest BCUT2D eigenvalue weighted by Gasteiger charge is 2.32. The first kappa shape index (κ1) is 16.5. The van der Waals surface area contributed by atoms with Gasteiger partial charge in [-0.25, -0.2) is 0 Å². The predicted octanol–water partition coefficient (Wildman–Crippen LogP) is 0.646. The summed E-state index contributed by atoms with van der Waals surface area (Å²) in [5.74, 6) is 0.126. The number of hydrogen-bond donors (Lipinski definition) is 3. The molecule has 2 amide bonds. The van der Waals surface area contributed by atoms with E-state index in [2.05, 4.69) is 10.6 Å². The molecule has 2 saturated carbocycles. The summed E-state index contributed by atoms with van der Waals surface area (Å²) in [4.78, 5) is 24.0. The van der Waals surface area contributed by atoms with Gasteiger partial charge in [0.05, 0.1) is 25.2 Å². The quantitative estimate of drug-likeness (QED) is 0.627. The van der Waals surface area contributed by atoms with Crippen LogP contribution in [0, 0.1) is 5.92 Å². The minimum atomic E-state index is -0.495. The van der Waals surface area contributed by atoms with Gasteiger partial charge in [-0.15, -0.1) is 0 Å². The Kier molecular flexibility index (Phi) is 5.33. The minimum absolute atomic E-state index is 0.0157. The minimum Gasteiger partial charge on any atom is -0.394 e. The maximum absolute atomic E-state index is 12.0. The van der Waals surface area contributed by atoms with Crippen molar-refractivity contribution in [3.05, 3.63) is 12.2 Å². The van der Waals surface area contributed by atoms with Crippen LogP contribution in [0.2, 0.25) is 0 Å². The van der Waals surface area contributed by atoms with Gasteiger partial charge >= 0.3 is 0 Å². The van der Waals surface area contributed by atoms with E-state index in [1.807, 2.05) is 12.2 Å². The fraction of sp³-hybridized carbons (Fsp3) is 0.765. The van der Waals surface area contributed by atoms with Crippen molar-refractivity contribution in [2.75, 3.05) is 6.61 Å². The molecule has 1 heterocycles. The Morgan fingerprint density at radius 1 is 1.09 bits per heavy atom. The third-order valence-corrected chi connectivity index (χ3v) is 5.10. The zero-order valence-electron chi connectivity index (χ0n) is 13.4. The van der Waals surface area contributed by atoms with Gasteiger partial charge in [-0.1, -0.05) is 18.6 Å². The number of amides is 2.